The Kier molecular flexibility index (Phi) is 4.08. The van der Waals surface area contributed by atoms with Crippen molar-refractivity contribution >= 4 is 23.3 Å². The van der Waals surface area contributed by atoms with Crippen molar-refractivity contribution in [3.05, 3.63) is 34.4 Å². The van der Waals surface area contributed by atoms with E-state index in [1.807, 2.05) is 0 Å². The third-order valence-corrected chi connectivity index (χ3v) is 3.36. The van der Waals surface area contributed by atoms with Gasteiger partial charge in [-0.25, -0.2) is 8.78 Å². The zero-order chi connectivity index (χ0) is 14.9. The highest BCUT2D eigenvalue weighted by Crippen LogP contribution is 2.33. The monoisotopic (exact) mass is 303 g/mol. The number of rotatable bonds is 4. The predicted octanol–water partition coefficient (Wildman–Crippen LogP) is 1.87. The van der Waals surface area contributed by atoms with Gasteiger partial charge in [0.2, 0.25) is 0 Å². The van der Waals surface area contributed by atoms with Crippen LogP contribution in [-0.2, 0) is 0 Å². The maximum absolute atomic E-state index is 13.6. The summed E-state index contributed by atoms with van der Waals surface area (Å²) in [6, 6.07) is 0.732. The number of nitrogens with zero attached hydrogens (tertiary/aromatic N) is 1. The molecule has 1 fully saturated rings. The predicted molar refractivity (Wildman–Crippen MR) is 68.8 cm³/mol. The number of hydrogen-bond acceptors (Lipinski definition) is 3. The van der Waals surface area contributed by atoms with Gasteiger partial charge in [-0.3, -0.25) is 4.79 Å². The molecule has 8 heteroatoms. The Labute approximate surface area is 118 Å². The maximum Gasteiger partial charge on any atom is 0.254 e. The van der Waals surface area contributed by atoms with Gasteiger partial charge in [-0.2, -0.15) is 0 Å². The van der Waals surface area contributed by atoms with E-state index in [0.29, 0.717) is 6.07 Å². The Hall–Kier alpha value is -1.89. The molecular weight excluding hydrogens is 292 g/mol. The summed E-state index contributed by atoms with van der Waals surface area (Å²) in [5.41, 5.74) is 4.99. The average Bonchev–Trinajstić information content (AvgIpc) is 3.23. The number of nitrogens with one attached hydrogen (secondary N) is 1. The Balaban J connectivity index is 2.21. The molecule has 1 unspecified atom stereocenters. The van der Waals surface area contributed by atoms with E-state index in [2.05, 4.69) is 10.5 Å². The van der Waals surface area contributed by atoms with Crippen LogP contribution in [0, 0.1) is 17.6 Å². The first-order valence-electron chi connectivity index (χ1n) is 5.87. The van der Waals surface area contributed by atoms with Crippen molar-refractivity contribution in [3.63, 3.8) is 0 Å². The van der Waals surface area contributed by atoms with E-state index in [4.69, 9.17) is 22.5 Å². The van der Waals surface area contributed by atoms with Crippen LogP contribution >= 0.6 is 11.6 Å². The zero-order valence-corrected chi connectivity index (χ0v) is 11.0. The minimum atomic E-state index is -0.942. The number of amidine groups is 1. The largest absolute Gasteiger partial charge is 0.409 e. The molecule has 1 aromatic carbocycles. The molecular formula is C12H12ClF2N3O2. The molecule has 0 aliphatic heterocycles. The van der Waals surface area contributed by atoms with Gasteiger partial charge >= 0.3 is 0 Å². The summed E-state index contributed by atoms with van der Waals surface area (Å²) in [5.74, 6) is -2.82. The van der Waals surface area contributed by atoms with Gasteiger partial charge in [-0.15, -0.1) is 0 Å². The first-order chi connectivity index (χ1) is 9.43. The molecule has 1 aromatic rings. The van der Waals surface area contributed by atoms with Crippen LogP contribution in [0.4, 0.5) is 8.78 Å². The van der Waals surface area contributed by atoms with Gasteiger partial charge < -0.3 is 16.3 Å². The van der Waals surface area contributed by atoms with Crippen LogP contribution in [-0.4, -0.2) is 23.0 Å². The molecule has 0 spiro atoms. The van der Waals surface area contributed by atoms with E-state index in [1.165, 1.54) is 0 Å². The molecule has 0 bridgehead atoms. The van der Waals surface area contributed by atoms with Crippen LogP contribution in [0.25, 0.3) is 0 Å². The molecule has 0 aromatic heterocycles. The van der Waals surface area contributed by atoms with Crippen LogP contribution in [0.3, 0.4) is 0 Å². The van der Waals surface area contributed by atoms with Crippen LogP contribution in [0.1, 0.15) is 23.2 Å². The number of nitrogens with two attached hydrogens (primary N) is 1. The van der Waals surface area contributed by atoms with Gasteiger partial charge in [0, 0.05) is 0 Å². The van der Waals surface area contributed by atoms with E-state index in [1.54, 1.807) is 0 Å². The second-order valence-corrected chi connectivity index (χ2v) is 4.97. The number of halogens is 3. The minimum absolute atomic E-state index is 0.0371. The number of carbonyl (C=O) groups excluding carboxylic acids is 1. The van der Waals surface area contributed by atoms with Crippen LogP contribution in [0.2, 0.25) is 5.02 Å². The normalized spacial score (nSPS) is 16.9. The molecule has 0 radical (unpaired) electrons. The molecule has 5 nitrogen and oxygen atoms in total. The highest BCUT2D eigenvalue weighted by Gasteiger charge is 2.35. The van der Waals surface area contributed by atoms with Crippen LogP contribution in [0.15, 0.2) is 17.3 Å². The van der Waals surface area contributed by atoms with Gasteiger partial charge in [0.1, 0.15) is 11.6 Å². The molecule has 1 aliphatic rings. The number of carbonyl (C=O) groups is 1. The zero-order valence-electron chi connectivity index (χ0n) is 10.2. The maximum atomic E-state index is 13.6. The van der Waals surface area contributed by atoms with Crippen LogP contribution < -0.4 is 11.1 Å². The van der Waals surface area contributed by atoms with E-state index in [0.717, 1.165) is 18.9 Å². The van der Waals surface area contributed by atoms with Gasteiger partial charge in [0.15, 0.2) is 5.84 Å². The number of oxime groups is 1. The van der Waals surface area contributed by atoms with E-state index in [9.17, 15) is 13.6 Å². The van der Waals surface area contributed by atoms with Crippen molar-refractivity contribution in [2.24, 2.45) is 16.8 Å². The van der Waals surface area contributed by atoms with Crippen molar-refractivity contribution in [2.45, 2.75) is 18.9 Å². The fraction of sp³-hybridized carbons (Fsp3) is 0.333. The third kappa shape index (κ3) is 2.98. The lowest BCUT2D eigenvalue weighted by molar-refractivity contribution is 0.0938. The van der Waals surface area contributed by atoms with Crippen molar-refractivity contribution in [3.8, 4) is 0 Å². The van der Waals surface area contributed by atoms with Gasteiger partial charge in [0.05, 0.1) is 16.6 Å². The standard InChI is InChI=1S/C12H12ClF2N3O2/c13-7-4-8(14)6(3-9(7)15)12(19)17-10(5-1-2-5)11(16)18-20/h3-5,10,20H,1-2H2,(H2,16,18)(H,17,19). The van der Waals surface area contributed by atoms with E-state index in [-0.39, 0.29) is 11.8 Å². The van der Waals surface area contributed by atoms with Crippen molar-refractivity contribution in [1.82, 2.24) is 5.32 Å². The molecule has 1 saturated carbocycles. The quantitative estimate of drug-likeness (QED) is 0.261. The summed E-state index contributed by atoms with van der Waals surface area (Å²) in [6.07, 6.45) is 1.61. The highest BCUT2D eigenvalue weighted by molar-refractivity contribution is 6.30. The average molecular weight is 304 g/mol. The molecule has 4 N–H and O–H groups in total. The van der Waals surface area contributed by atoms with Crippen molar-refractivity contribution < 1.29 is 18.8 Å². The highest BCUT2D eigenvalue weighted by atomic mass is 35.5. The smallest absolute Gasteiger partial charge is 0.254 e. The Morgan fingerprint density at radius 1 is 1.45 bits per heavy atom. The summed E-state index contributed by atoms with van der Waals surface area (Å²) in [4.78, 5) is 11.9. The first kappa shape index (κ1) is 14.5. The third-order valence-electron chi connectivity index (χ3n) is 3.07. The summed E-state index contributed by atoms with van der Waals surface area (Å²) in [6.45, 7) is 0. The first-order valence-corrected chi connectivity index (χ1v) is 6.24. The molecule has 20 heavy (non-hydrogen) atoms. The lowest BCUT2D eigenvalue weighted by Crippen LogP contribution is -2.46. The van der Waals surface area contributed by atoms with Crippen molar-refractivity contribution in [1.29, 1.82) is 0 Å². The Morgan fingerprint density at radius 3 is 2.65 bits per heavy atom. The Morgan fingerprint density at radius 2 is 2.10 bits per heavy atom. The lowest BCUT2D eigenvalue weighted by Gasteiger charge is -2.17. The van der Waals surface area contributed by atoms with Gasteiger partial charge in [0.25, 0.3) is 5.91 Å². The lowest BCUT2D eigenvalue weighted by atomic mass is 10.1. The SMILES string of the molecule is N/C(=N/O)C(NC(=O)c1cc(F)c(Cl)cc1F)C1CC1. The molecule has 1 amide bonds. The Bertz CT molecular complexity index is 576. The van der Waals surface area contributed by atoms with Crippen LogP contribution in [0.5, 0.6) is 0 Å². The molecule has 1 atom stereocenters. The van der Waals surface area contributed by atoms with Gasteiger partial charge in [-0.1, -0.05) is 16.8 Å². The summed E-state index contributed by atoms with van der Waals surface area (Å²) >= 11 is 5.41. The second kappa shape index (κ2) is 5.62. The number of amides is 1. The molecule has 0 saturated heterocycles. The number of benzene rings is 1. The summed E-state index contributed by atoms with van der Waals surface area (Å²) in [5, 5.41) is 13.5. The fourth-order valence-electron chi connectivity index (χ4n) is 1.84. The van der Waals surface area contributed by atoms with Gasteiger partial charge in [-0.05, 0) is 30.9 Å². The molecule has 0 heterocycles. The molecule has 2 rings (SSSR count). The summed E-state index contributed by atoms with van der Waals surface area (Å²) in [7, 11) is 0. The second-order valence-electron chi connectivity index (χ2n) is 4.56. The number of hydrogen-bond donors (Lipinski definition) is 3. The summed E-state index contributed by atoms with van der Waals surface area (Å²) < 4.78 is 26.9. The molecule has 108 valence electrons. The van der Waals surface area contributed by atoms with E-state index >= 15 is 0 Å². The fourth-order valence-corrected chi connectivity index (χ4v) is 1.99. The topological polar surface area (TPSA) is 87.7 Å². The van der Waals surface area contributed by atoms with Crippen molar-refractivity contribution in [2.75, 3.05) is 0 Å². The molecule has 1 aliphatic carbocycles. The van der Waals surface area contributed by atoms with E-state index < -0.39 is 34.2 Å². The minimum Gasteiger partial charge on any atom is -0.409 e.